The molecular formula is C19H18NO5-. The number of hydrogen-bond acceptors (Lipinski definition) is 5. The molecule has 25 heavy (non-hydrogen) atoms. The largest absolute Gasteiger partial charge is 0.545 e. The number of carboxylic acids is 1. The molecule has 1 N–H and O–H groups in total. The number of aromatic nitrogens is 1. The van der Waals surface area contributed by atoms with E-state index in [1.54, 1.807) is 39.0 Å². The first kappa shape index (κ1) is 18.2. The van der Waals surface area contributed by atoms with Crippen molar-refractivity contribution in [1.82, 2.24) is 4.98 Å². The van der Waals surface area contributed by atoms with Gasteiger partial charge in [-0.2, -0.15) is 0 Å². The Labute approximate surface area is 145 Å². The molecule has 0 spiro atoms. The van der Waals surface area contributed by atoms with Gasteiger partial charge in [0.25, 0.3) is 0 Å². The minimum absolute atomic E-state index is 0.0693. The molecule has 0 unspecified atom stereocenters. The van der Waals surface area contributed by atoms with Crippen molar-refractivity contribution in [1.29, 1.82) is 0 Å². The number of aromatic carboxylic acids is 1. The van der Waals surface area contributed by atoms with Gasteiger partial charge in [0, 0.05) is 11.3 Å². The third-order valence-electron chi connectivity index (χ3n) is 3.74. The molecule has 0 bridgehead atoms. The number of aromatic amines is 1. The number of ketones is 1. The molecule has 0 saturated carbocycles. The lowest BCUT2D eigenvalue weighted by Gasteiger charge is -2.02. The summed E-state index contributed by atoms with van der Waals surface area (Å²) in [5, 5.41) is 10.7. The normalized spacial score (nSPS) is 10.8. The molecule has 130 valence electrons. The minimum atomic E-state index is -1.25. The number of allylic oxidation sites excluding steroid dienone is 1. The molecule has 1 aromatic carbocycles. The highest BCUT2D eigenvalue weighted by Crippen LogP contribution is 2.20. The van der Waals surface area contributed by atoms with Gasteiger partial charge < -0.3 is 19.6 Å². The molecule has 0 saturated heterocycles. The minimum Gasteiger partial charge on any atom is -0.545 e. The summed E-state index contributed by atoms with van der Waals surface area (Å²) < 4.78 is 4.96. The van der Waals surface area contributed by atoms with Crippen molar-refractivity contribution in [2.45, 2.75) is 20.8 Å². The van der Waals surface area contributed by atoms with Crippen LogP contribution in [0.3, 0.4) is 0 Å². The van der Waals surface area contributed by atoms with E-state index in [-0.39, 0.29) is 23.6 Å². The van der Waals surface area contributed by atoms with Crippen molar-refractivity contribution in [3.05, 3.63) is 64.0 Å². The Morgan fingerprint density at radius 1 is 1.16 bits per heavy atom. The van der Waals surface area contributed by atoms with Gasteiger partial charge in [-0.3, -0.25) is 4.79 Å². The molecule has 0 radical (unpaired) electrons. The number of H-pyrrole nitrogens is 1. The lowest BCUT2D eigenvalue weighted by molar-refractivity contribution is -0.255. The van der Waals surface area contributed by atoms with Crippen molar-refractivity contribution < 1.29 is 24.2 Å². The van der Waals surface area contributed by atoms with E-state index in [4.69, 9.17) is 4.74 Å². The number of benzene rings is 1. The number of aryl methyl sites for hydroxylation is 1. The van der Waals surface area contributed by atoms with Crippen molar-refractivity contribution in [2.75, 3.05) is 6.61 Å². The molecule has 2 aromatic rings. The summed E-state index contributed by atoms with van der Waals surface area (Å²) in [4.78, 5) is 38.0. The van der Waals surface area contributed by atoms with Gasteiger partial charge in [0.2, 0.25) is 0 Å². The highest BCUT2D eigenvalue weighted by atomic mass is 16.5. The number of rotatable bonds is 6. The second kappa shape index (κ2) is 7.61. The van der Waals surface area contributed by atoms with E-state index >= 15 is 0 Å². The number of carbonyl (C=O) groups excluding carboxylic acids is 3. The maximum Gasteiger partial charge on any atom is 0.355 e. The topological polar surface area (TPSA) is 99.3 Å². The van der Waals surface area contributed by atoms with E-state index in [0.29, 0.717) is 22.4 Å². The zero-order valence-corrected chi connectivity index (χ0v) is 14.2. The first-order valence-electron chi connectivity index (χ1n) is 7.75. The van der Waals surface area contributed by atoms with E-state index in [1.165, 1.54) is 18.2 Å². The fourth-order valence-corrected chi connectivity index (χ4v) is 2.51. The van der Waals surface area contributed by atoms with Crippen LogP contribution in [0.15, 0.2) is 30.3 Å². The van der Waals surface area contributed by atoms with Crippen LogP contribution in [0.4, 0.5) is 0 Å². The molecule has 0 amide bonds. The quantitative estimate of drug-likeness (QED) is 0.493. The first-order valence-corrected chi connectivity index (χ1v) is 7.75. The Kier molecular flexibility index (Phi) is 5.54. The van der Waals surface area contributed by atoms with Crippen LogP contribution in [0.25, 0.3) is 6.08 Å². The summed E-state index contributed by atoms with van der Waals surface area (Å²) in [7, 11) is 0. The second-order valence-electron chi connectivity index (χ2n) is 5.45. The van der Waals surface area contributed by atoms with Crippen LogP contribution < -0.4 is 5.11 Å². The molecular weight excluding hydrogens is 322 g/mol. The number of nitrogens with one attached hydrogen (secondary N) is 1. The maximum atomic E-state index is 12.5. The highest BCUT2D eigenvalue weighted by Gasteiger charge is 2.21. The SMILES string of the molecule is CCOC(=O)c1[nH]c(C)c(C(=O)/C=C/c2ccc(C(=O)[O-])cc2)c1C. The molecule has 0 atom stereocenters. The number of carboxylic acid groups (broad SMARTS) is 1. The zero-order valence-electron chi connectivity index (χ0n) is 14.2. The van der Waals surface area contributed by atoms with E-state index < -0.39 is 11.9 Å². The summed E-state index contributed by atoms with van der Waals surface area (Å²) in [6.07, 6.45) is 2.96. The van der Waals surface area contributed by atoms with Crippen LogP contribution in [0.1, 0.15) is 54.9 Å². The van der Waals surface area contributed by atoms with E-state index in [9.17, 15) is 19.5 Å². The Balaban J connectivity index is 2.23. The van der Waals surface area contributed by atoms with Gasteiger partial charge >= 0.3 is 5.97 Å². The summed E-state index contributed by atoms with van der Waals surface area (Å²) >= 11 is 0. The predicted octanol–water partition coefficient (Wildman–Crippen LogP) is 2.07. The number of esters is 1. The molecule has 1 aromatic heterocycles. The van der Waals surface area contributed by atoms with Gasteiger partial charge in [-0.1, -0.05) is 30.3 Å². The van der Waals surface area contributed by atoms with E-state index in [0.717, 1.165) is 0 Å². The average molecular weight is 340 g/mol. The monoisotopic (exact) mass is 340 g/mol. The van der Waals surface area contributed by atoms with Gasteiger partial charge in [0.05, 0.1) is 12.6 Å². The average Bonchev–Trinajstić information content (AvgIpc) is 2.88. The molecule has 0 aliphatic rings. The first-order chi connectivity index (χ1) is 11.8. The van der Waals surface area contributed by atoms with Gasteiger partial charge in [0.1, 0.15) is 5.69 Å². The van der Waals surface area contributed by atoms with Gasteiger partial charge in [-0.25, -0.2) is 4.79 Å². The van der Waals surface area contributed by atoms with Crippen LogP contribution in [-0.4, -0.2) is 29.3 Å². The second-order valence-corrected chi connectivity index (χ2v) is 5.45. The zero-order chi connectivity index (χ0) is 18.6. The van der Waals surface area contributed by atoms with Gasteiger partial charge in [-0.05, 0) is 43.5 Å². The molecule has 6 heteroatoms. The van der Waals surface area contributed by atoms with Crippen molar-refractivity contribution >= 4 is 23.8 Å². The Morgan fingerprint density at radius 2 is 1.80 bits per heavy atom. The number of carbonyl (C=O) groups is 3. The van der Waals surface area contributed by atoms with Crippen molar-refractivity contribution in [3.63, 3.8) is 0 Å². The van der Waals surface area contributed by atoms with Crippen LogP contribution in [0.2, 0.25) is 0 Å². The Hall–Kier alpha value is -3.15. The fourth-order valence-electron chi connectivity index (χ4n) is 2.51. The van der Waals surface area contributed by atoms with Crippen LogP contribution in [0, 0.1) is 13.8 Å². The molecule has 2 rings (SSSR count). The van der Waals surface area contributed by atoms with Crippen LogP contribution in [-0.2, 0) is 4.74 Å². The van der Waals surface area contributed by atoms with Crippen LogP contribution >= 0.6 is 0 Å². The summed E-state index contributed by atoms with van der Waals surface area (Å²) in [6.45, 7) is 5.36. The van der Waals surface area contributed by atoms with E-state index in [2.05, 4.69) is 4.98 Å². The highest BCUT2D eigenvalue weighted by molar-refractivity contribution is 6.10. The maximum absolute atomic E-state index is 12.5. The summed E-state index contributed by atoms with van der Waals surface area (Å²) in [5.74, 6) is -2.01. The lowest BCUT2D eigenvalue weighted by atomic mass is 10.0. The van der Waals surface area contributed by atoms with Gasteiger partial charge in [-0.15, -0.1) is 0 Å². The van der Waals surface area contributed by atoms with Crippen molar-refractivity contribution in [2.24, 2.45) is 0 Å². The third-order valence-corrected chi connectivity index (χ3v) is 3.74. The number of ether oxygens (including phenoxy) is 1. The lowest BCUT2D eigenvalue weighted by Crippen LogP contribution is -2.21. The molecule has 0 fully saturated rings. The fraction of sp³-hybridized carbons (Fsp3) is 0.211. The smallest absolute Gasteiger partial charge is 0.355 e. The van der Waals surface area contributed by atoms with Crippen LogP contribution in [0.5, 0.6) is 0 Å². The number of hydrogen-bond donors (Lipinski definition) is 1. The molecule has 0 aliphatic carbocycles. The Bertz CT molecular complexity index is 843. The summed E-state index contributed by atoms with van der Waals surface area (Å²) in [5.41, 5.74) is 2.56. The van der Waals surface area contributed by atoms with E-state index in [1.807, 2.05) is 0 Å². The van der Waals surface area contributed by atoms with Gasteiger partial charge in [0.15, 0.2) is 5.78 Å². The molecule has 6 nitrogen and oxygen atoms in total. The molecule has 1 heterocycles. The Morgan fingerprint density at radius 3 is 2.36 bits per heavy atom. The third kappa shape index (κ3) is 4.03. The summed E-state index contributed by atoms with van der Waals surface area (Å²) in [6, 6.07) is 5.97. The predicted molar refractivity (Wildman–Crippen MR) is 90.4 cm³/mol. The standard InChI is InChI=1S/C19H19NO5/c1-4-25-19(24)17-11(2)16(12(3)20-17)15(21)10-7-13-5-8-14(9-6-13)18(22)23/h5-10,20H,4H2,1-3H3,(H,22,23)/p-1/b10-7+. The molecule has 0 aliphatic heterocycles. The van der Waals surface area contributed by atoms with Crippen molar-refractivity contribution in [3.8, 4) is 0 Å².